The number of nitrogens with one attached hydrogen (secondary N) is 1. The van der Waals surface area contributed by atoms with Gasteiger partial charge in [-0.3, -0.25) is 0 Å². The van der Waals surface area contributed by atoms with Crippen molar-refractivity contribution >= 4 is 17.4 Å². The first-order valence-corrected chi connectivity index (χ1v) is 7.46. The zero-order valence-electron chi connectivity index (χ0n) is 12.1. The number of rotatable bonds is 9. The molecule has 7 heteroatoms. The molecule has 0 aliphatic carbocycles. The molecule has 0 aliphatic rings. The molecule has 0 aromatic carbocycles. The predicted molar refractivity (Wildman–Crippen MR) is 82.3 cm³/mol. The second-order valence-electron chi connectivity index (χ2n) is 4.56. The molecular formula is C14H20ClN5O. The third-order valence-corrected chi connectivity index (χ3v) is 3.08. The lowest BCUT2D eigenvalue weighted by Gasteiger charge is -2.08. The smallest absolute Gasteiger partial charge is 0.158 e. The molecule has 0 spiro atoms. The van der Waals surface area contributed by atoms with Gasteiger partial charge in [-0.1, -0.05) is 11.6 Å². The summed E-state index contributed by atoms with van der Waals surface area (Å²) in [6, 6.07) is 1.73. The second-order valence-corrected chi connectivity index (χ2v) is 4.95. The van der Waals surface area contributed by atoms with Crippen LogP contribution < -0.4 is 5.32 Å². The summed E-state index contributed by atoms with van der Waals surface area (Å²) in [5.74, 6) is 1.34. The fourth-order valence-electron chi connectivity index (χ4n) is 1.87. The van der Waals surface area contributed by atoms with Crippen LogP contribution in [0.5, 0.6) is 0 Å². The Morgan fingerprint density at radius 1 is 1.33 bits per heavy atom. The molecule has 2 aromatic heterocycles. The van der Waals surface area contributed by atoms with Crippen LogP contribution >= 0.6 is 11.6 Å². The van der Waals surface area contributed by atoms with Gasteiger partial charge in [-0.2, -0.15) is 0 Å². The average Bonchev–Trinajstić information content (AvgIpc) is 2.97. The van der Waals surface area contributed by atoms with Gasteiger partial charge < -0.3 is 14.6 Å². The van der Waals surface area contributed by atoms with Gasteiger partial charge in [0.25, 0.3) is 0 Å². The van der Waals surface area contributed by atoms with Crippen molar-refractivity contribution in [1.82, 2.24) is 19.5 Å². The molecule has 0 unspecified atom stereocenters. The average molecular weight is 310 g/mol. The molecule has 2 aromatic rings. The Labute approximate surface area is 129 Å². The van der Waals surface area contributed by atoms with Crippen molar-refractivity contribution in [3.63, 3.8) is 0 Å². The maximum Gasteiger partial charge on any atom is 0.158 e. The maximum atomic E-state index is 5.98. The molecule has 114 valence electrons. The van der Waals surface area contributed by atoms with Gasteiger partial charge in [0.15, 0.2) is 5.82 Å². The van der Waals surface area contributed by atoms with Gasteiger partial charge in [0, 0.05) is 38.2 Å². The van der Waals surface area contributed by atoms with Gasteiger partial charge in [0.1, 0.15) is 17.6 Å². The van der Waals surface area contributed by atoms with Crippen LogP contribution in [0.4, 0.5) is 5.82 Å². The number of hydrogen-bond donors (Lipinski definition) is 1. The van der Waals surface area contributed by atoms with Gasteiger partial charge in [0.2, 0.25) is 0 Å². The van der Waals surface area contributed by atoms with Crippen LogP contribution in [-0.2, 0) is 17.9 Å². The lowest BCUT2D eigenvalue weighted by Crippen LogP contribution is -2.08. The Morgan fingerprint density at radius 2 is 2.24 bits per heavy atom. The molecule has 0 radical (unpaired) electrons. The van der Waals surface area contributed by atoms with Crippen LogP contribution in [0, 0.1) is 0 Å². The molecule has 21 heavy (non-hydrogen) atoms. The minimum Gasteiger partial charge on any atom is -0.374 e. The maximum absolute atomic E-state index is 5.98. The predicted octanol–water partition coefficient (Wildman–Crippen LogP) is 2.76. The number of ether oxygens (including phenoxy) is 1. The summed E-state index contributed by atoms with van der Waals surface area (Å²) >= 11 is 5.98. The minimum absolute atomic E-state index is 0.381. The number of aryl methyl sites for hydroxylation is 1. The van der Waals surface area contributed by atoms with Crippen molar-refractivity contribution in [3.05, 3.63) is 35.8 Å². The molecule has 6 nitrogen and oxygen atoms in total. The molecule has 2 heterocycles. The summed E-state index contributed by atoms with van der Waals surface area (Å²) in [7, 11) is 0. The number of halogens is 1. The molecular weight excluding hydrogens is 290 g/mol. The van der Waals surface area contributed by atoms with E-state index in [-0.39, 0.29) is 0 Å². The van der Waals surface area contributed by atoms with E-state index in [1.165, 1.54) is 0 Å². The summed E-state index contributed by atoms with van der Waals surface area (Å²) in [4.78, 5) is 12.5. The summed E-state index contributed by atoms with van der Waals surface area (Å²) in [5.41, 5.74) is 0. The van der Waals surface area contributed by atoms with Crippen LogP contribution in [0.15, 0.2) is 24.8 Å². The highest BCUT2D eigenvalue weighted by molar-refractivity contribution is 6.29. The van der Waals surface area contributed by atoms with Gasteiger partial charge in [-0.25, -0.2) is 15.0 Å². The zero-order valence-corrected chi connectivity index (χ0v) is 12.9. The molecule has 0 amide bonds. The molecule has 0 saturated carbocycles. The van der Waals surface area contributed by atoms with Crippen LogP contribution in [0.1, 0.15) is 25.6 Å². The Balaban J connectivity index is 1.73. The Kier molecular flexibility index (Phi) is 6.43. The minimum atomic E-state index is 0.381. The van der Waals surface area contributed by atoms with Crippen LogP contribution in [0.2, 0.25) is 5.15 Å². The third kappa shape index (κ3) is 5.69. The summed E-state index contributed by atoms with van der Waals surface area (Å²) in [6.07, 6.45) is 7.71. The largest absolute Gasteiger partial charge is 0.374 e. The highest BCUT2D eigenvalue weighted by Gasteiger charge is 2.03. The van der Waals surface area contributed by atoms with Crippen molar-refractivity contribution in [2.24, 2.45) is 0 Å². The fraction of sp³-hybridized carbons (Fsp3) is 0.500. The van der Waals surface area contributed by atoms with E-state index >= 15 is 0 Å². The van der Waals surface area contributed by atoms with Crippen molar-refractivity contribution in [2.75, 3.05) is 18.5 Å². The molecule has 0 fully saturated rings. The number of aromatic nitrogens is 4. The summed E-state index contributed by atoms with van der Waals surface area (Å²) in [5, 5.41) is 3.70. The van der Waals surface area contributed by atoms with Gasteiger partial charge in [-0.05, 0) is 19.8 Å². The highest BCUT2D eigenvalue weighted by Crippen LogP contribution is 2.12. The normalized spacial score (nSPS) is 10.8. The van der Waals surface area contributed by atoms with Crippen molar-refractivity contribution < 1.29 is 4.74 Å². The SMILES string of the molecule is CCOCc1nc(Cl)cc(NCCCCn2ccnc2)n1. The lowest BCUT2D eigenvalue weighted by atomic mass is 10.3. The van der Waals surface area contributed by atoms with Gasteiger partial charge in [-0.15, -0.1) is 0 Å². The standard InChI is InChI=1S/C14H20ClN5O/c1-2-21-10-14-18-12(15)9-13(19-14)17-5-3-4-7-20-8-6-16-11-20/h6,8-9,11H,2-5,7,10H2,1H3,(H,17,18,19). The molecule has 0 aliphatic heterocycles. The van der Waals surface area contributed by atoms with Gasteiger partial charge in [0.05, 0.1) is 6.33 Å². The Hall–Kier alpha value is -1.66. The first-order valence-electron chi connectivity index (χ1n) is 7.08. The number of nitrogens with zero attached hydrogens (tertiary/aromatic N) is 4. The van der Waals surface area contributed by atoms with E-state index in [1.807, 2.05) is 19.4 Å². The molecule has 0 bridgehead atoms. The Bertz CT molecular complexity index is 532. The van der Waals surface area contributed by atoms with E-state index in [4.69, 9.17) is 16.3 Å². The van der Waals surface area contributed by atoms with E-state index in [0.29, 0.717) is 24.2 Å². The summed E-state index contributed by atoms with van der Waals surface area (Å²) < 4.78 is 7.37. The lowest BCUT2D eigenvalue weighted by molar-refractivity contribution is 0.128. The first kappa shape index (κ1) is 15.7. The van der Waals surface area contributed by atoms with E-state index in [9.17, 15) is 0 Å². The summed E-state index contributed by atoms with van der Waals surface area (Å²) in [6.45, 7) is 4.77. The molecule has 2 rings (SSSR count). The van der Waals surface area contributed by atoms with Crippen LogP contribution in [0.3, 0.4) is 0 Å². The highest BCUT2D eigenvalue weighted by atomic mass is 35.5. The van der Waals surface area contributed by atoms with E-state index in [2.05, 4.69) is 24.8 Å². The Morgan fingerprint density at radius 3 is 3.00 bits per heavy atom. The van der Waals surface area contributed by atoms with Crippen molar-refractivity contribution in [1.29, 1.82) is 0 Å². The monoisotopic (exact) mass is 309 g/mol. The third-order valence-electron chi connectivity index (χ3n) is 2.88. The van der Waals surface area contributed by atoms with Crippen LogP contribution in [0.25, 0.3) is 0 Å². The van der Waals surface area contributed by atoms with E-state index < -0.39 is 0 Å². The topological polar surface area (TPSA) is 64.9 Å². The fourth-order valence-corrected chi connectivity index (χ4v) is 2.07. The van der Waals surface area contributed by atoms with Crippen molar-refractivity contribution in [2.45, 2.75) is 32.9 Å². The second kappa shape index (κ2) is 8.59. The number of hydrogen-bond acceptors (Lipinski definition) is 5. The number of imidazole rings is 1. The molecule has 1 N–H and O–H groups in total. The number of unbranched alkanes of at least 4 members (excludes halogenated alkanes) is 1. The molecule has 0 saturated heterocycles. The zero-order chi connectivity index (χ0) is 14.9. The first-order chi connectivity index (χ1) is 10.3. The van der Waals surface area contributed by atoms with E-state index in [0.717, 1.165) is 31.7 Å². The quantitative estimate of drug-likeness (QED) is 0.570. The van der Waals surface area contributed by atoms with Crippen molar-refractivity contribution in [3.8, 4) is 0 Å². The van der Waals surface area contributed by atoms with Gasteiger partial charge >= 0.3 is 0 Å². The van der Waals surface area contributed by atoms with E-state index in [1.54, 1.807) is 12.3 Å². The van der Waals surface area contributed by atoms with Crippen LogP contribution in [-0.4, -0.2) is 32.7 Å². The molecule has 0 atom stereocenters. The number of anilines is 1.